The minimum Gasteiger partial charge on any atom is -0.481 e. The number of amides is 1. The first-order chi connectivity index (χ1) is 8.59. The van der Waals surface area contributed by atoms with E-state index in [9.17, 15) is 9.59 Å². The highest BCUT2D eigenvalue weighted by Crippen LogP contribution is 2.10. The van der Waals surface area contributed by atoms with Crippen molar-refractivity contribution in [1.29, 1.82) is 0 Å². The quantitative estimate of drug-likeness (QED) is 0.737. The number of aliphatic carboxylic acids is 1. The molecule has 5 heteroatoms. The van der Waals surface area contributed by atoms with Crippen LogP contribution in [0.25, 0.3) is 0 Å². The molecular weight excluding hydrogens is 250 g/mol. The minimum atomic E-state index is -0.798. The van der Waals surface area contributed by atoms with Gasteiger partial charge in [-0.05, 0) is 30.7 Å². The summed E-state index contributed by atoms with van der Waals surface area (Å²) < 4.78 is 0. The molecule has 0 saturated heterocycles. The summed E-state index contributed by atoms with van der Waals surface area (Å²) in [6.45, 7) is 0.721. The van der Waals surface area contributed by atoms with E-state index in [0.29, 0.717) is 19.3 Å². The van der Waals surface area contributed by atoms with Crippen LogP contribution in [0.1, 0.15) is 30.6 Å². The van der Waals surface area contributed by atoms with Gasteiger partial charge in [0.2, 0.25) is 5.91 Å². The van der Waals surface area contributed by atoms with Crippen LogP contribution in [-0.4, -0.2) is 35.5 Å². The normalized spacial score (nSPS) is 10.3. The van der Waals surface area contributed by atoms with Gasteiger partial charge in [-0.25, -0.2) is 0 Å². The van der Waals surface area contributed by atoms with Gasteiger partial charge in [-0.15, -0.1) is 11.3 Å². The van der Waals surface area contributed by atoms with E-state index < -0.39 is 5.97 Å². The van der Waals surface area contributed by atoms with E-state index in [1.807, 2.05) is 11.4 Å². The van der Waals surface area contributed by atoms with Crippen LogP contribution in [0.2, 0.25) is 0 Å². The summed E-state index contributed by atoms with van der Waals surface area (Å²) in [5.74, 6) is -0.703. The molecule has 18 heavy (non-hydrogen) atoms. The standard InChI is InChI=1S/C13H19NO3S/c1-14(9-8-11-5-4-10-18-11)12(15)6-2-3-7-13(16)17/h4-5,10H,2-3,6-9H2,1H3,(H,16,17). The number of carbonyl (C=O) groups excluding carboxylic acids is 1. The lowest BCUT2D eigenvalue weighted by Crippen LogP contribution is -2.28. The van der Waals surface area contributed by atoms with Crippen molar-refractivity contribution in [2.45, 2.75) is 32.1 Å². The lowest BCUT2D eigenvalue weighted by molar-refractivity contribution is -0.137. The number of carboxylic acid groups (broad SMARTS) is 1. The van der Waals surface area contributed by atoms with Crippen LogP contribution in [0.4, 0.5) is 0 Å². The highest BCUT2D eigenvalue weighted by atomic mass is 32.1. The van der Waals surface area contributed by atoms with Gasteiger partial charge in [0.25, 0.3) is 0 Å². The van der Waals surface area contributed by atoms with E-state index in [0.717, 1.165) is 13.0 Å². The van der Waals surface area contributed by atoms with Gasteiger partial charge < -0.3 is 10.0 Å². The number of hydrogen-bond donors (Lipinski definition) is 1. The molecule has 0 aliphatic rings. The molecule has 0 fully saturated rings. The summed E-state index contributed by atoms with van der Waals surface area (Å²) >= 11 is 1.70. The van der Waals surface area contributed by atoms with Crippen molar-refractivity contribution in [1.82, 2.24) is 4.90 Å². The maximum atomic E-state index is 11.7. The molecule has 0 radical (unpaired) electrons. The number of nitrogens with zero attached hydrogens (tertiary/aromatic N) is 1. The summed E-state index contributed by atoms with van der Waals surface area (Å²) in [5, 5.41) is 10.5. The fourth-order valence-corrected chi connectivity index (χ4v) is 2.30. The van der Waals surface area contributed by atoms with Crippen molar-refractivity contribution < 1.29 is 14.7 Å². The Labute approximate surface area is 111 Å². The summed E-state index contributed by atoms with van der Waals surface area (Å²) in [7, 11) is 1.80. The third kappa shape index (κ3) is 5.82. The predicted octanol–water partition coefficient (Wildman–Crippen LogP) is 2.39. The highest BCUT2D eigenvalue weighted by Gasteiger charge is 2.09. The van der Waals surface area contributed by atoms with Crippen LogP contribution in [0, 0.1) is 0 Å². The molecule has 0 aromatic carbocycles. The second-order valence-electron chi connectivity index (χ2n) is 4.25. The summed E-state index contributed by atoms with van der Waals surface area (Å²) in [6.07, 6.45) is 2.68. The van der Waals surface area contributed by atoms with Crippen LogP contribution in [-0.2, 0) is 16.0 Å². The minimum absolute atomic E-state index is 0.0944. The Morgan fingerprint density at radius 1 is 1.33 bits per heavy atom. The zero-order valence-electron chi connectivity index (χ0n) is 10.6. The Balaban J connectivity index is 2.14. The second kappa shape index (κ2) is 7.87. The van der Waals surface area contributed by atoms with E-state index in [1.165, 1.54) is 4.88 Å². The topological polar surface area (TPSA) is 57.6 Å². The molecule has 0 aliphatic carbocycles. The van der Waals surface area contributed by atoms with Crippen molar-refractivity contribution in [3.05, 3.63) is 22.4 Å². The van der Waals surface area contributed by atoms with E-state index in [4.69, 9.17) is 5.11 Å². The average Bonchev–Trinajstić information content (AvgIpc) is 2.84. The molecular formula is C13H19NO3S. The van der Waals surface area contributed by atoms with E-state index in [-0.39, 0.29) is 12.3 Å². The van der Waals surface area contributed by atoms with Gasteiger partial charge >= 0.3 is 5.97 Å². The maximum absolute atomic E-state index is 11.7. The molecule has 4 nitrogen and oxygen atoms in total. The molecule has 1 amide bonds. The lowest BCUT2D eigenvalue weighted by Gasteiger charge is -2.16. The fraction of sp³-hybridized carbons (Fsp3) is 0.538. The summed E-state index contributed by atoms with van der Waals surface area (Å²) in [6, 6.07) is 4.07. The monoisotopic (exact) mass is 269 g/mol. The predicted molar refractivity (Wildman–Crippen MR) is 71.8 cm³/mol. The number of carbonyl (C=O) groups is 2. The SMILES string of the molecule is CN(CCc1cccs1)C(=O)CCCCC(=O)O. The Hall–Kier alpha value is -1.36. The molecule has 1 N–H and O–H groups in total. The van der Waals surface area contributed by atoms with E-state index in [1.54, 1.807) is 23.3 Å². The lowest BCUT2D eigenvalue weighted by atomic mass is 10.2. The first kappa shape index (κ1) is 14.7. The van der Waals surface area contributed by atoms with Crippen molar-refractivity contribution >= 4 is 23.2 Å². The maximum Gasteiger partial charge on any atom is 0.303 e. The van der Waals surface area contributed by atoms with Crippen LogP contribution < -0.4 is 0 Å². The number of hydrogen-bond acceptors (Lipinski definition) is 3. The van der Waals surface area contributed by atoms with Gasteiger partial charge in [0.15, 0.2) is 0 Å². The molecule has 1 aromatic heterocycles. The van der Waals surface area contributed by atoms with Gasteiger partial charge in [-0.2, -0.15) is 0 Å². The smallest absolute Gasteiger partial charge is 0.303 e. The zero-order chi connectivity index (χ0) is 13.4. The molecule has 0 atom stereocenters. The van der Waals surface area contributed by atoms with Crippen molar-refractivity contribution in [3.63, 3.8) is 0 Å². The average molecular weight is 269 g/mol. The van der Waals surface area contributed by atoms with Crippen LogP contribution in [0.3, 0.4) is 0 Å². The molecule has 1 rings (SSSR count). The largest absolute Gasteiger partial charge is 0.481 e. The molecule has 100 valence electrons. The van der Waals surface area contributed by atoms with Crippen LogP contribution >= 0.6 is 11.3 Å². The van der Waals surface area contributed by atoms with Crippen molar-refractivity contribution in [2.24, 2.45) is 0 Å². The molecule has 1 heterocycles. The van der Waals surface area contributed by atoms with Crippen LogP contribution in [0.15, 0.2) is 17.5 Å². The Bertz CT molecular complexity index is 376. The number of likely N-dealkylation sites (N-methyl/N-ethyl adjacent to an activating group) is 1. The number of unbranched alkanes of at least 4 members (excludes halogenated alkanes) is 1. The van der Waals surface area contributed by atoms with E-state index in [2.05, 4.69) is 6.07 Å². The number of rotatable bonds is 8. The number of thiophene rings is 1. The third-order valence-electron chi connectivity index (χ3n) is 2.73. The van der Waals surface area contributed by atoms with Gasteiger partial charge in [0, 0.05) is 31.3 Å². The Morgan fingerprint density at radius 2 is 2.06 bits per heavy atom. The van der Waals surface area contributed by atoms with Gasteiger partial charge in [-0.1, -0.05) is 6.07 Å². The van der Waals surface area contributed by atoms with E-state index >= 15 is 0 Å². The molecule has 0 saturated carbocycles. The first-order valence-corrected chi connectivity index (χ1v) is 6.95. The number of carboxylic acids is 1. The Kier molecular flexibility index (Phi) is 6.43. The molecule has 0 bridgehead atoms. The first-order valence-electron chi connectivity index (χ1n) is 6.07. The van der Waals surface area contributed by atoms with Crippen molar-refractivity contribution in [3.8, 4) is 0 Å². The Morgan fingerprint density at radius 3 is 2.67 bits per heavy atom. The van der Waals surface area contributed by atoms with Crippen LogP contribution in [0.5, 0.6) is 0 Å². The zero-order valence-corrected chi connectivity index (χ0v) is 11.4. The highest BCUT2D eigenvalue weighted by molar-refractivity contribution is 7.09. The van der Waals surface area contributed by atoms with Crippen molar-refractivity contribution in [2.75, 3.05) is 13.6 Å². The fourth-order valence-electron chi connectivity index (χ4n) is 1.60. The molecule has 1 aromatic rings. The second-order valence-corrected chi connectivity index (χ2v) is 5.28. The molecule has 0 spiro atoms. The summed E-state index contributed by atoms with van der Waals surface area (Å²) in [5.41, 5.74) is 0. The molecule has 0 unspecified atom stereocenters. The van der Waals surface area contributed by atoms with Gasteiger partial charge in [-0.3, -0.25) is 9.59 Å². The molecule has 0 aliphatic heterocycles. The van der Waals surface area contributed by atoms with Gasteiger partial charge in [0.1, 0.15) is 0 Å². The third-order valence-corrected chi connectivity index (χ3v) is 3.67. The summed E-state index contributed by atoms with van der Waals surface area (Å²) in [4.78, 5) is 25.0. The van der Waals surface area contributed by atoms with Gasteiger partial charge in [0.05, 0.1) is 0 Å².